The number of Topliss-reactive ketones (excluding diaryl/α,β-unsaturated/α-hetero) is 1. The molecule has 0 radical (unpaired) electrons. The van der Waals surface area contributed by atoms with E-state index in [2.05, 4.69) is 10.7 Å². The summed E-state index contributed by atoms with van der Waals surface area (Å²) >= 11 is 6.00. The summed E-state index contributed by atoms with van der Waals surface area (Å²) in [5.74, 6) is 4.00. The molecule has 4 N–H and O–H groups in total. The summed E-state index contributed by atoms with van der Waals surface area (Å²) in [6.07, 6.45) is 1.48. The van der Waals surface area contributed by atoms with Gasteiger partial charge in [0.1, 0.15) is 0 Å². The van der Waals surface area contributed by atoms with Crippen LogP contribution in [0, 0.1) is 0 Å². The molecule has 0 aromatic heterocycles. The Morgan fingerprint density at radius 3 is 2.05 bits per heavy atom. The summed E-state index contributed by atoms with van der Waals surface area (Å²) in [7, 11) is 0. The topological polar surface area (TPSA) is 101 Å². The number of carbonyl (C=O) groups is 3. The molecule has 0 heterocycles. The number of ketones is 1. The van der Waals surface area contributed by atoms with Crippen LogP contribution in [0.4, 0.5) is 5.69 Å². The van der Waals surface area contributed by atoms with Crippen LogP contribution in [-0.2, 0) is 4.79 Å². The van der Waals surface area contributed by atoms with E-state index in [1.54, 1.807) is 66.7 Å². The molecule has 0 saturated heterocycles. The Bertz CT molecular complexity index is 1450. The summed E-state index contributed by atoms with van der Waals surface area (Å²) in [4.78, 5) is 38.7. The van der Waals surface area contributed by atoms with Gasteiger partial charge in [-0.2, -0.15) is 0 Å². The SMILES string of the molecule is NNC(=O)c1ccccc1NC(=O)/C(=C/c1ccc(Cl)cc1)CC(=O)c1ccc(-c2ccccc2)cc1. The maximum absolute atomic E-state index is 13.3. The fourth-order valence-electron chi connectivity index (χ4n) is 3.78. The minimum Gasteiger partial charge on any atom is -0.321 e. The van der Waals surface area contributed by atoms with Crippen molar-refractivity contribution < 1.29 is 14.4 Å². The number of hydrogen-bond donors (Lipinski definition) is 3. The van der Waals surface area contributed by atoms with Crippen molar-refractivity contribution in [3.8, 4) is 11.1 Å². The van der Waals surface area contributed by atoms with E-state index < -0.39 is 11.8 Å². The molecule has 0 unspecified atom stereocenters. The number of carbonyl (C=O) groups excluding carboxylic acids is 3. The van der Waals surface area contributed by atoms with Crippen molar-refractivity contribution in [1.29, 1.82) is 0 Å². The van der Waals surface area contributed by atoms with Gasteiger partial charge in [-0.15, -0.1) is 0 Å². The molecule has 37 heavy (non-hydrogen) atoms. The average molecular weight is 510 g/mol. The van der Waals surface area contributed by atoms with E-state index >= 15 is 0 Å². The van der Waals surface area contributed by atoms with Crippen LogP contribution >= 0.6 is 11.6 Å². The zero-order chi connectivity index (χ0) is 26.2. The highest BCUT2D eigenvalue weighted by Gasteiger charge is 2.19. The van der Waals surface area contributed by atoms with Gasteiger partial charge in [0.2, 0.25) is 0 Å². The molecule has 184 valence electrons. The van der Waals surface area contributed by atoms with Crippen molar-refractivity contribution in [2.24, 2.45) is 5.84 Å². The number of hydrogen-bond acceptors (Lipinski definition) is 4. The average Bonchev–Trinajstić information content (AvgIpc) is 2.94. The molecular weight excluding hydrogens is 486 g/mol. The van der Waals surface area contributed by atoms with E-state index in [4.69, 9.17) is 17.4 Å². The Morgan fingerprint density at radius 1 is 0.757 bits per heavy atom. The predicted octanol–water partition coefficient (Wildman–Crippen LogP) is 5.91. The van der Waals surface area contributed by atoms with Crippen molar-refractivity contribution in [3.63, 3.8) is 0 Å². The van der Waals surface area contributed by atoms with E-state index in [1.165, 1.54) is 0 Å². The summed E-state index contributed by atoms with van der Waals surface area (Å²) in [5, 5.41) is 3.30. The number of halogens is 1. The van der Waals surface area contributed by atoms with E-state index in [1.807, 2.05) is 42.5 Å². The largest absolute Gasteiger partial charge is 0.321 e. The van der Waals surface area contributed by atoms with Crippen LogP contribution in [0.1, 0.15) is 32.7 Å². The third-order valence-corrected chi connectivity index (χ3v) is 5.97. The molecule has 4 rings (SSSR count). The molecular formula is C30H24ClN3O3. The molecule has 0 aliphatic carbocycles. The predicted molar refractivity (Wildman–Crippen MR) is 147 cm³/mol. The van der Waals surface area contributed by atoms with Gasteiger partial charge in [0, 0.05) is 22.6 Å². The third kappa shape index (κ3) is 6.58. The second kappa shape index (κ2) is 11.9. The van der Waals surface area contributed by atoms with Crippen LogP contribution in [0.2, 0.25) is 5.02 Å². The first-order valence-electron chi connectivity index (χ1n) is 11.5. The molecule has 0 bridgehead atoms. The lowest BCUT2D eigenvalue weighted by atomic mass is 9.98. The number of nitrogen functional groups attached to an aromatic ring is 1. The van der Waals surface area contributed by atoms with Crippen LogP contribution < -0.4 is 16.6 Å². The zero-order valence-electron chi connectivity index (χ0n) is 19.8. The second-order valence-corrected chi connectivity index (χ2v) is 8.67. The Hall–Kier alpha value is -4.52. The highest BCUT2D eigenvalue weighted by Crippen LogP contribution is 2.23. The minimum atomic E-state index is -0.547. The lowest BCUT2D eigenvalue weighted by Crippen LogP contribution is -2.31. The molecule has 4 aromatic carbocycles. The van der Waals surface area contributed by atoms with Gasteiger partial charge in [-0.05, 0) is 47.0 Å². The van der Waals surface area contributed by atoms with Crippen molar-refractivity contribution in [2.75, 3.05) is 5.32 Å². The van der Waals surface area contributed by atoms with Crippen LogP contribution in [0.5, 0.6) is 0 Å². The summed E-state index contributed by atoms with van der Waals surface area (Å²) in [6, 6.07) is 30.5. The molecule has 0 atom stereocenters. The number of nitrogens with one attached hydrogen (secondary N) is 2. The molecule has 0 aliphatic rings. The smallest absolute Gasteiger partial charge is 0.267 e. The van der Waals surface area contributed by atoms with Crippen LogP contribution in [0.3, 0.4) is 0 Å². The summed E-state index contributed by atoms with van der Waals surface area (Å²) < 4.78 is 0. The first-order chi connectivity index (χ1) is 17.9. The number of anilines is 1. The van der Waals surface area contributed by atoms with Crippen molar-refractivity contribution in [2.45, 2.75) is 6.42 Å². The lowest BCUT2D eigenvalue weighted by molar-refractivity contribution is -0.112. The van der Waals surface area contributed by atoms with Gasteiger partial charge < -0.3 is 5.32 Å². The summed E-state index contributed by atoms with van der Waals surface area (Å²) in [5.41, 5.74) is 5.99. The van der Waals surface area contributed by atoms with Gasteiger partial charge >= 0.3 is 0 Å². The number of benzene rings is 4. The van der Waals surface area contributed by atoms with E-state index in [-0.39, 0.29) is 29.0 Å². The lowest BCUT2D eigenvalue weighted by Gasteiger charge is -2.12. The van der Waals surface area contributed by atoms with Crippen LogP contribution in [0.15, 0.2) is 109 Å². The molecule has 2 amide bonds. The normalized spacial score (nSPS) is 11.0. The number of amides is 2. The number of para-hydroxylation sites is 1. The van der Waals surface area contributed by atoms with Crippen molar-refractivity contribution >= 4 is 41.0 Å². The number of rotatable bonds is 8. The molecule has 0 aliphatic heterocycles. The van der Waals surface area contributed by atoms with Gasteiger partial charge in [-0.1, -0.05) is 90.5 Å². The molecule has 0 saturated carbocycles. The Kier molecular flexibility index (Phi) is 8.26. The van der Waals surface area contributed by atoms with E-state index in [9.17, 15) is 14.4 Å². The number of hydrazine groups is 1. The molecule has 7 heteroatoms. The number of nitrogens with two attached hydrogens (primary N) is 1. The maximum atomic E-state index is 13.3. The molecule has 4 aromatic rings. The van der Waals surface area contributed by atoms with Crippen LogP contribution in [0.25, 0.3) is 17.2 Å². The van der Waals surface area contributed by atoms with Crippen LogP contribution in [-0.4, -0.2) is 17.6 Å². The zero-order valence-corrected chi connectivity index (χ0v) is 20.5. The molecule has 6 nitrogen and oxygen atoms in total. The van der Waals surface area contributed by atoms with Crippen molar-refractivity contribution in [1.82, 2.24) is 5.43 Å². The Balaban J connectivity index is 1.60. The minimum absolute atomic E-state index is 0.148. The summed E-state index contributed by atoms with van der Waals surface area (Å²) in [6.45, 7) is 0. The van der Waals surface area contributed by atoms with Gasteiger partial charge in [0.25, 0.3) is 11.8 Å². The van der Waals surface area contributed by atoms with Crippen molar-refractivity contribution in [3.05, 3.63) is 130 Å². The fourth-order valence-corrected chi connectivity index (χ4v) is 3.91. The Labute approximate surface area is 219 Å². The monoisotopic (exact) mass is 509 g/mol. The van der Waals surface area contributed by atoms with E-state index in [0.29, 0.717) is 16.1 Å². The second-order valence-electron chi connectivity index (χ2n) is 8.24. The van der Waals surface area contributed by atoms with Gasteiger partial charge in [-0.3, -0.25) is 19.8 Å². The third-order valence-electron chi connectivity index (χ3n) is 5.72. The molecule has 0 fully saturated rings. The van der Waals surface area contributed by atoms with Gasteiger partial charge in [0.15, 0.2) is 5.78 Å². The van der Waals surface area contributed by atoms with Gasteiger partial charge in [0.05, 0.1) is 11.3 Å². The first kappa shape index (κ1) is 25.6. The molecule has 0 spiro atoms. The standard InChI is InChI=1S/C30H24ClN3O3/c31-25-16-10-20(11-17-25)18-24(29(36)33-27-9-5-4-8-26(27)30(37)34-32)19-28(35)23-14-12-22(13-15-23)21-6-2-1-3-7-21/h1-18H,19,32H2,(H,33,36)(H,34,37)/b24-18+. The van der Waals surface area contributed by atoms with E-state index in [0.717, 1.165) is 11.1 Å². The quantitative estimate of drug-likeness (QED) is 0.0903. The highest BCUT2D eigenvalue weighted by atomic mass is 35.5. The fraction of sp³-hybridized carbons (Fsp3) is 0.0333. The van der Waals surface area contributed by atoms with Gasteiger partial charge in [-0.25, -0.2) is 5.84 Å². The maximum Gasteiger partial charge on any atom is 0.267 e. The first-order valence-corrected chi connectivity index (χ1v) is 11.9. The highest BCUT2D eigenvalue weighted by molar-refractivity contribution is 6.30. The Morgan fingerprint density at radius 2 is 1.38 bits per heavy atom.